The summed E-state index contributed by atoms with van der Waals surface area (Å²) < 4.78 is 4.95. The van der Waals surface area contributed by atoms with Gasteiger partial charge in [-0.2, -0.15) is 0 Å². The Morgan fingerprint density at radius 2 is 2.00 bits per heavy atom. The maximum Gasteiger partial charge on any atom is 0.239 e. The highest BCUT2D eigenvalue weighted by Gasteiger charge is 2.33. The van der Waals surface area contributed by atoms with Crippen LogP contribution < -0.4 is 5.73 Å². The van der Waals surface area contributed by atoms with E-state index in [1.165, 1.54) is 12.8 Å². The van der Waals surface area contributed by atoms with Crippen molar-refractivity contribution in [3.8, 4) is 0 Å². The van der Waals surface area contributed by atoms with Gasteiger partial charge in [-0.05, 0) is 19.3 Å². The van der Waals surface area contributed by atoms with E-state index in [0.29, 0.717) is 13.0 Å². The molecular formula is C12H23N3O2. The molecule has 1 unspecified atom stereocenters. The van der Waals surface area contributed by atoms with Gasteiger partial charge in [0.1, 0.15) is 0 Å². The lowest BCUT2D eigenvalue weighted by molar-refractivity contribution is -0.134. The Bertz CT molecular complexity index is 260. The molecule has 1 aliphatic heterocycles. The zero-order valence-corrected chi connectivity index (χ0v) is 10.6. The van der Waals surface area contributed by atoms with E-state index in [-0.39, 0.29) is 5.91 Å². The molecule has 0 aromatic heterocycles. The van der Waals surface area contributed by atoms with Gasteiger partial charge in [-0.3, -0.25) is 9.69 Å². The van der Waals surface area contributed by atoms with Crippen LogP contribution in [-0.2, 0) is 9.53 Å². The molecule has 1 amide bonds. The number of nitrogens with zero attached hydrogens (tertiary/aromatic N) is 2. The van der Waals surface area contributed by atoms with E-state index in [0.717, 1.165) is 32.2 Å². The third kappa shape index (κ3) is 3.40. The maximum atomic E-state index is 12.0. The second-order valence-corrected chi connectivity index (χ2v) is 4.98. The lowest BCUT2D eigenvalue weighted by Crippen LogP contribution is -2.53. The summed E-state index contributed by atoms with van der Waals surface area (Å²) >= 11 is 0. The molecule has 17 heavy (non-hydrogen) atoms. The summed E-state index contributed by atoms with van der Waals surface area (Å²) in [5.74, 6) is 0.0810. The average molecular weight is 241 g/mol. The molecule has 2 rings (SSSR count). The van der Waals surface area contributed by atoms with Crippen LogP contribution in [0.25, 0.3) is 0 Å². The van der Waals surface area contributed by atoms with Crippen molar-refractivity contribution in [1.82, 2.24) is 9.80 Å². The van der Waals surface area contributed by atoms with Gasteiger partial charge >= 0.3 is 0 Å². The number of methoxy groups -OCH3 is 1. The van der Waals surface area contributed by atoms with E-state index in [4.69, 9.17) is 10.5 Å². The molecule has 0 spiro atoms. The van der Waals surface area contributed by atoms with Crippen molar-refractivity contribution in [1.29, 1.82) is 0 Å². The molecule has 2 fully saturated rings. The van der Waals surface area contributed by atoms with Crippen molar-refractivity contribution >= 4 is 5.91 Å². The van der Waals surface area contributed by atoms with Crippen LogP contribution in [0.15, 0.2) is 0 Å². The highest BCUT2D eigenvalue weighted by atomic mass is 16.5. The van der Waals surface area contributed by atoms with Gasteiger partial charge in [-0.1, -0.05) is 0 Å². The molecule has 0 aromatic rings. The summed E-state index contributed by atoms with van der Waals surface area (Å²) in [7, 11) is 1.63. The van der Waals surface area contributed by atoms with Crippen molar-refractivity contribution in [3.05, 3.63) is 0 Å². The van der Waals surface area contributed by atoms with Crippen LogP contribution in [0.3, 0.4) is 0 Å². The minimum Gasteiger partial charge on any atom is -0.385 e. The number of ether oxygens (including phenoxy) is 1. The van der Waals surface area contributed by atoms with Gasteiger partial charge in [0.05, 0.1) is 6.04 Å². The largest absolute Gasteiger partial charge is 0.385 e. The summed E-state index contributed by atoms with van der Waals surface area (Å²) in [6, 6.07) is 0.400. The third-order valence-electron chi connectivity index (χ3n) is 3.64. The third-order valence-corrected chi connectivity index (χ3v) is 3.64. The molecule has 1 heterocycles. The van der Waals surface area contributed by atoms with E-state index in [1.54, 1.807) is 7.11 Å². The highest BCUT2D eigenvalue weighted by Crippen LogP contribution is 2.27. The van der Waals surface area contributed by atoms with Gasteiger partial charge in [0.15, 0.2) is 0 Å². The van der Waals surface area contributed by atoms with Crippen molar-refractivity contribution < 1.29 is 9.53 Å². The van der Waals surface area contributed by atoms with Crippen molar-refractivity contribution in [2.45, 2.75) is 31.3 Å². The normalized spacial score (nSPS) is 23.8. The second kappa shape index (κ2) is 5.80. The first kappa shape index (κ1) is 12.8. The number of piperazine rings is 1. The molecule has 1 saturated heterocycles. The molecule has 0 radical (unpaired) electrons. The monoisotopic (exact) mass is 241 g/mol. The Morgan fingerprint density at radius 1 is 1.35 bits per heavy atom. The second-order valence-electron chi connectivity index (χ2n) is 4.98. The number of hydrogen-bond acceptors (Lipinski definition) is 4. The molecular weight excluding hydrogens is 218 g/mol. The fraction of sp³-hybridized carbons (Fsp3) is 0.917. The summed E-state index contributed by atoms with van der Waals surface area (Å²) in [5, 5.41) is 0. The molecule has 0 aromatic carbocycles. The summed E-state index contributed by atoms with van der Waals surface area (Å²) in [4.78, 5) is 16.4. The predicted molar refractivity (Wildman–Crippen MR) is 65.6 cm³/mol. The molecule has 5 heteroatoms. The van der Waals surface area contributed by atoms with Crippen LogP contribution in [-0.4, -0.2) is 67.7 Å². The molecule has 1 saturated carbocycles. The first-order chi connectivity index (χ1) is 8.22. The molecule has 0 bridgehead atoms. The summed E-state index contributed by atoms with van der Waals surface area (Å²) in [6.07, 6.45) is 3.28. The van der Waals surface area contributed by atoms with Crippen molar-refractivity contribution in [2.24, 2.45) is 5.73 Å². The number of rotatable bonds is 5. The van der Waals surface area contributed by atoms with E-state index in [1.807, 2.05) is 4.90 Å². The van der Waals surface area contributed by atoms with E-state index < -0.39 is 6.04 Å². The molecule has 1 atom stereocenters. The van der Waals surface area contributed by atoms with Crippen LogP contribution in [0.1, 0.15) is 19.3 Å². The number of nitrogens with two attached hydrogens (primary N) is 1. The average Bonchev–Trinajstić information content (AvgIpc) is 3.19. The SMILES string of the molecule is COCCC(N)C(=O)N1CCN(C2CC2)CC1. The Balaban J connectivity index is 1.73. The van der Waals surface area contributed by atoms with Gasteiger partial charge in [0.25, 0.3) is 0 Å². The zero-order chi connectivity index (χ0) is 12.3. The van der Waals surface area contributed by atoms with Gasteiger partial charge in [0, 0.05) is 45.9 Å². The molecule has 2 aliphatic rings. The Morgan fingerprint density at radius 3 is 2.53 bits per heavy atom. The minimum absolute atomic E-state index is 0.0810. The zero-order valence-electron chi connectivity index (χ0n) is 10.6. The van der Waals surface area contributed by atoms with Gasteiger partial charge in [-0.25, -0.2) is 0 Å². The van der Waals surface area contributed by atoms with Crippen molar-refractivity contribution in [2.75, 3.05) is 39.9 Å². The van der Waals surface area contributed by atoms with Gasteiger partial charge in [-0.15, -0.1) is 0 Å². The van der Waals surface area contributed by atoms with Crippen LogP contribution in [0.4, 0.5) is 0 Å². The minimum atomic E-state index is -0.401. The fourth-order valence-corrected chi connectivity index (χ4v) is 2.35. The molecule has 2 N–H and O–H groups in total. The topological polar surface area (TPSA) is 58.8 Å². The first-order valence-electron chi connectivity index (χ1n) is 6.49. The molecule has 98 valence electrons. The van der Waals surface area contributed by atoms with Crippen LogP contribution >= 0.6 is 0 Å². The van der Waals surface area contributed by atoms with Crippen LogP contribution in [0.2, 0.25) is 0 Å². The number of hydrogen-bond donors (Lipinski definition) is 1. The first-order valence-corrected chi connectivity index (χ1v) is 6.49. The van der Waals surface area contributed by atoms with E-state index in [2.05, 4.69) is 4.90 Å². The Kier molecular flexibility index (Phi) is 4.36. The smallest absolute Gasteiger partial charge is 0.239 e. The lowest BCUT2D eigenvalue weighted by Gasteiger charge is -2.36. The maximum absolute atomic E-state index is 12.0. The predicted octanol–water partition coefficient (Wildman–Crippen LogP) is -0.343. The Hall–Kier alpha value is -0.650. The van der Waals surface area contributed by atoms with E-state index >= 15 is 0 Å². The lowest BCUT2D eigenvalue weighted by atomic mass is 10.2. The quantitative estimate of drug-likeness (QED) is 0.715. The standard InChI is InChI=1S/C12H23N3O2/c1-17-9-4-11(13)12(16)15-7-5-14(6-8-15)10-2-3-10/h10-11H,2-9,13H2,1H3. The Labute approximate surface area is 103 Å². The van der Waals surface area contributed by atoms with Crippen molar-refractivity contribution in [3.63, 3.8) is 0 Å². The van der Waals surface area contributed by atoms with Gasteiger partial charge in [0.2, 0.25) is 5.91 Å². The fourth-order valence-electron chi connectivity index (χ4n) is 2.35. The molecule has 1 aliphatic carbocycles. The number of carbonyl (C=O) groups is 1. The summed E-state index contributed by atoms with van der Waals surface area (Å²) in [5.41, 5.74) is 5.86. The van der Waals surface area contributed by atoms with Crippen LogP contribution in [0, 0.1) is 0 Å². The number of carbonyl (C=O) groups excluding carboxylic acids is 1. The molecule has 5 nitrogen and oxygen atoms in total. The van der Waals surface area contributed by atoms with Crippen LogP contribution in [0.5, 0.6) is 0 Å². The van der Waals surface area contributed by atoms with Gasteiger partial charge < -0.3 is 15.4 Å². The number of amides is 1. The summed E-state index contributed by atoms with van der Waals surface area (Å²) in [6.45, 7) is 4.22. The van der Waals surface area contributed by atoms with E-state index in [9.17, 15) is 4.79 Å². The highest BCUT2D eigenvalue weighted by molar-refractivity contribution is 5.81.